The average Bonchev–Trinajstić information content (AvgIpc) is 2.79. The third-order valence-corrected chi connectivity index (χ3v) is 5.85. The molecule has 3 rings (SSSR count). The summed E-state index contributed by atoms with van der Waals surface area (Å²) in [6.45, 7) is 4.25. The maximum Gasteiger partial charge on any atom is 0.234 e. The van der Waals surface area contributed by atoms with Crippen molar-refractivity contribution in [1.29, 1.82) is 0 Å². The van der Waals surface area contributed by atoms with E-state index in [1.807, 2.05) is 25.2 Å². The van der Waals surface area contributed by atoms with Gasteiger partial charge in [0.05, 0.1) is 20.8 Å². The van der Waals surface area contributed by atoms with E-state index < -0.39 is 0 Å². The molecule has 1 amide bonds. The lowest BCUT2D eigenvalue weighted by molar-refractivity contribution is -0.123. The summed E-state index contributed by atoms with van der Waals surface area (Å²) < 4.78 is 10.7. The molecule has 0 unspecified atom stereocenters. The molecule has 6 heteroatoms. The van der Waals surface area contributed by atoms with Crippen LogP contribution in [0.5, 0.6) is 11.5 Å². The van der Waals surface area contributed by atoms with E-state index in [4.69, 9.17) is 9.47 Å². The van der Waals surface area contributed by atoms with Crippen LogP contribution in [-0.4, -0.2) is 69.2 Å². The highest BCUT2D eigenvalue weighted by atomic mass is 16.5. The predicted molar refractivity (Wildman–Crippen MR) is 124 cm³/mol. The van der Waals surface area contributed by atoms with E-state index in [0.29, 0.717) is 6.54 Å². The Morgan fingerprint density at radius 1 is 1.03 bits per heavy atom. The van der Waals surface area contributed by atoms with Crippen molar-refractivity contribution in [2.45, 2.75) is 31.8 Å². The Bertz CT molecular complexity index is 820. The third-order valence-electron chi connectivity index (χ3n) is 5.85. The lowest BCUT2D eigenvalue weighted by Gasteiger charge is -2.32. The Hall–Kier alpha value is -2.57. The molecule has 168 valence electrons. The fourth-order valence-corrected chi connectivity index (χ4v) is 4.03. The summed E-state index contributed by atoms with van der Waals surface area (Å²) in [5, 5.41) is 3.22. The number of benzene rings is 2. The van der Waals surface area contributed by atoms with Crippen molar-refractivity contribution < 1.29 is 14.3 Å². The van der Waals surface area contributed by atoms with Crippen molar-refractivity contribution in [2.75, 3.05) is 47.4 Å². The summed E-state index contributed by atoms with van der Waals surface area (Å²) in [6, 6.07) is 16.8. The van der Waals surface area contributed by atoms with Crippen LogP contribution < -0.4 is 14.8 Å². The zero-order valence-electron chi connectivity index (χ0n) is 19.0. The lowest BCUT2D eigenvalue weighted by atomic mass is 10.0. The van der Waals surface area contributed by atoms with Gasteiger partial charge in [0.25, 0.3) is 0 Å². The van der Waals surface area contributed by atoms with E-state index in [1.54, 1.807) is 14.2 Å². The highest BCUT2D eigenvalue weighted by Gasteiger charge is 2.21. The van der Waals surface area contributed by atoms with Crippen molar-refractivity contribution in [3.8, 4) is 11.5 Å². The van der Waals surface area contributed by atoms with Crippen LogP contribution in [-0.2, 0) is 17.8 Å². The maximum atomic E-state index is 12.5. The number of hydrogen-bond donors (Lipinski definition) is 1. The summed E-state index contributed by atoms with van der Waals surface area (Å²) in [5.74, 6) is 1.57. The van der Waals surface area contributed by atoms with Gasteiger partial charge in [0.15, 0.2) is 11.5 Å². The smallest absolute Gasteiger partial charge is 0.234 e. The number of amides is 1. The second kappa shape index (κ2) is 11.7. The highest BCUT2D eigenvalue weighted by Crippen LogP contribution is 2.27. The Balaban J connectivity index is 1.36. The molecule has 2 aromatic rings. The van der Waals surface area contributed by atoms with Gasteiger partial charge in [-0.1, -0.05) is 36.4 Å². The first-order valence-corrected chi connectivity index (χ1v) is 11.0. The van der Waals surface area contributed by atoms with Crippen LogP contribution in [0.15, 0.2) is 48.5 Å². The maximum absolute atomic E-state index is 12.5. The van der Waals surface area contributed by atoms with E-state index in [1.165, 1.54) is 5.56 Å². The van der Waals surface area contributed by atoms with Gasteiger partial charge >= 0.3 is 0 Å². The van der Waals surface area contributed by atoms with Crippen LogP contribution in [0.3, 0.4) is 0 Å². The molecule has 1 aliphatic heterocycles. The van der Waals surface area contributed by atoms with E-state index >= 15 is 0 Å². The Morgan fingerprint density at radius 2 is 1.74 bits per heavy atom. The van der Waals surface area contributed by atoms with E-state index in [2.05, 4.69) is 45.4 Å². The van der Waals surface area contributed by atoms with Crippen molar-refractivity contribution in [3.05, 3.63) is 59.7 Å². The highest BCUT2D eigenvalue weighted by molar-refractivity contribution is 5.78. The van der Waals surface area contributed by atoms with Crippen molar-refractivity contribution in [1.82, 2.24) is 15.1 Å². The molecule has 0 spiro atoms. The van der Waals surface area contributed by atoms with Crippen LogP contribution in [0.25, 0.3) is 0 Å². The monoisotopic (exact) mass is 425 g/mol. The second-order valence-electron chi connectivity index (χ2n) is 8.28. The Kier molecular flexibility index (Phi) is 8.74. The molecule has 0 radical (unpaired) electrons. The number of nitrogens with one attached hydrogen (secondary N) is 1. The molecule has 0 aliphatic carbocycles. The minimum absolute atomic E-state index is 0.108. The molecule has 1 aliphatic rings. The number of likely N-dealkylation sites (tertiary alicyclic amines) is 1. The van der Waals surface area contributed by atoms with E-state index in [0.717, 1.165) is 62.5 Å². The van der Waals surface area contributed by atoms with Gasteiger partial charge in [0.1, 0.15) is 0 Å². The Morgan fingerprint density at radius 3 is 2.42 bits per heavy atom. The third kappa shape index (κ3) is 7.26. The summed E-state index contributed by atoms with van der Waals surface area (Å²) in [6.07, 6.45) is 2.86. The minimum Gasteiger partial charge on any atom is -0.493 e. The average molecular weight is 426 g/mol. The summed E-state index contributed by atoms with van der Waals surface area (Å²) in [7, 11) is 5.27. The molecule has 0 atom stereocenters. The summed E-state index contributed by atoms with van der Waals surface area (Å²) >= 11 is 0. The number of carbonyl (C=O) groups is 1. The van der Waals surface area contributed by atoms with Crippen LogP contribution in [0.1, 0.15) is 24.0 Å². The zero-order valence-corrected chi connectivity index (χ0v) is 19.0. The summed E-state index contributed by atoms with van der Waals surface area (Å²) in [5.41, 5.74) is 2.51. The molecule has 1 heterocycles. The quantitative estimate of drug-likeness (QED) is 0.634. The first-order valence-electron chi connectivity index (χ1n) is 11.0. The summed E-state index contributed by atoms with van der Waals surface area (Å²) in [4.78, 5) is 17.0. The largest absolute Gasteiger partial charge is 0.493 e. The van der Waals surface area contributed by atoms with Gasteiger partial charge in [0, 0.05) is 32.2 Å². The second-order valence-corrected chi connectivity index (χ2v) is 8.28. The van der Waals surface area contributed by atoms with Crippen LogP contribution in [0.4, 0.5) is 0 Å². The molecule has 6 nitrogen and oxygen atoms in total. The first-order chi connectivity index (χ1) is 15.1. The minimum atomic E-state index is 0.108. The number of rotatable bonds is 10. The molecule has 2 aromatic carbocycles. The number of hydrogen-bond acceptors (Lipinski definition) is 5. The van der Waals surface area contributed by atoms with Gasteiger partial charge in [0.2, 0.25) is 5.91 Å². The van der Waals surface area contributed by atoms with Crippen LogP contribution in [0, 0.1) is 0 Å². The normalized spacial score (nSPS) is 15.1. The molecule has 1 N–H and O–H groups in total. The predicted octanol–water partition coefficient (Wildman–Crippen LogP) is 2.96. The van der Waals surface area contributed by atoms with Gasteiger partial charge in [-0.05, 0) is 49.6 Å². The fraction of sp³-hybridized carbons (Fsp3) is 0.480. The van der Waals surface area contributed by atoms with Gasteiger partial charge in [-0.3, -0.25) is 14.6 Å². The van der Waals surface area contributed by atoms with Gasteiger partial charge in [-0.15, -0.1) is 0 Å². The lowest BCUT2D eigenvalue weighted by Crippen LogP contribution is -2.47. The number of methoxy groups -OCH3 is 2. The molecule has 0 saturated carbocycles. The van der Waals surface area contributed by atoms with Crippen molar-refractivity contribution in [2.24, 2.45) is 0 Å². The molecule has 0 bridgehead atoms. The molecular weight excluding hydrogens is 390 g/mol. The first kappa shape index (κ1) is 23.1. The van der Waals surface area contributed by atoms with E-state index in [-0.39, 0.29) is 11.9 Å². The Labute approximate surface area is 186 Å². The molecule has 1 saturated heterocycles. The van der Waals surface area contributed by atoms with Crippen molar-refractivity contribution >= 4 is 5.91 Å². The number of nitrogens with zero attached hydrogens (tertiary/aromatic N) is 2. The fourth-order valence-electron chi connectivity index (χ4n) is 4.03. The van der Waals surface area contributed by atoms with Gasteiger partial charge in [-0.2, -0.15) is 0 Å². The zero-order chi connectivity index (χ0) is 22.1. The number of likely N-dealkylation sites (N-methyl/N-ethyl adjacent to an activating group) is 1. The van der Waals surface area contributed by atoms with Crippen LogP contribution in [0.2, 0.25) is 0 Å². The molecule has 31 heavy (non-hydrogen) atoms. The topological polar surface area (TPSA) is 54.0 Å². The number of piperidine rings is 1. The SMILES string of the molecule is COc1ccc(CCN(C)CC(=O)NC2CCN(Cc3ccccc3)CC2)cc1OC. The van der Waals surface area contributed by atoms with Crippen molar-refractivity contribution in [3.63, 3.8) is 0 Å². The van der Waals surface area contributed by atoms with Gasteiger partial charge in [-0.25, -0.2) is 0 Å². The molecule has 0 aromatic heterocycles. The molecular formula is C25H35N3O3. The number of ether oxygens (including phenoxy) is 2. The standard InChI is InChI=1S/C25H35N3O3/c1-27(14-11-20-9-10-23(30-2)24(17-20)31-3)19-25(29)26-22-12-15-28(16-13-22)18-21-7-5-4-6-8-21/h4-10,17,22H,11-16,18-19H2,1-3H3,(H,26,29). The number of carbonyl (C=O) groups excluding carboxylic acids is 1. The van der Waals surface area contributed by atoms with E-state index in [9.17, 15) is 4.79 Å². The van der Waals surface area contributed by atoms with Crippen LogP contribution >= 0.6 is 0 Å². The molecule has 1 fully saturated rings. The van der Waals surface area contributed by atoms with Gasteiger partial charge < -0.3 is 14.8 Å².